The van der Waals surface area contributed by atoms with Crippen molar-refractivity contribution in [3.8, 4) is 5.75 Å². The molecule has 0 aliphatic rings. The fourth-order valence-electron chi connectivity index (χ4n) is 1.82. The summed E-state index contributed by atoms with van der Waals surface area (Å²) < 4.78 is 5.56. The lowest BCUT2D eigenvalue weighted by Gasteiger charge is -1.99. The summed E-state index contributed by atoms with van der Waals surface area (Å²) in [5.74, 6) is -0.206. The van der Waals surface area contributed by atoms with Crippen molar-refractivity contribution in [2.75, 3.05) is 0 Å². The Morgan fingerprint density at radius 3 is 2.17 bits per heavy atom. The first-order valence-corrected chi connectivity index (χ1v) is 6.38. The van der Waals surface area contributed by atoms with E-state index in [2.05, 4.69) is 0 Å². The molecule has 92 valence electrons. The molecule has 0 amide bonds. The van der Waals surface area contributed by atoms with Crippen LogP contribution in [0.1, 0.15) is 0 Å². The third-order valence-corrected chi connectivity index (χ3v) is 4.03. The number of furan rings is 1. The van der Waals surface area contributed by atoms with Gasteiger partial charge in [-0.2, -0.15) is 0 Å². The minimum absolute atomic E-state index is 0.0703. The molecule has 2 aromatic carbocycles. The highest BCUT2D eigenvalue weighted by Gasteiger charge is 2.17. The maximum Gasteiger partial charge on any atom is 0.157 e. The molecule has 0 saturated carbocycles. The summed E-state index contributed by atoms with van der Waals surface area (Å²) in [7, 11) is 0. The van der Waals surface area contributed by atoms with Gasteiger partial charge in [0, 0.05) is 16.8 Å². The predicted octanol–water partition coefficient (Wildman–Crippen LogP) is 5.91. The van der Waals surface area contributed by atoms with Crippen molar-refractivity contribution in [3.05, 3.63) is 38.3 Å². The van der Waals surface area contributed by atoms with Crippen LogP contribution in [-0.2, 0) is 0 Å². The van der Waals surface area contributed by atoms with E-state index in [0.717, 1.165) is 5.39 Å². The number of phenols is 1. The molecular weight excluding hydrogens is 318 g/mol. The Morgan fingerprint density at radius 2 is 1.44 bits per heavy atom. The number of hydrogen-bond donors (Lipinski definition) is 1. The highest BCUT2D eigenvalue weighted by Crippen LogP contribution is 2.43. The summed E-state index contributed by atoms with van der Waals surface area (Å²) in [6.07, 6.45) is 0. The van der Waals surface area contributed by atoms with E-state index < -0.39 is 0 Å². The lowest BCUT2D eigenvalue weighted by atomic mass is 10.1. The summed E-state index contributed by atoms with van der Waals surface area (Å²) in [6, 6.07) is 4.85. The molecule has 0 aliphatic carbocycles. The molecule has 0 fully saturated rings. The first-order valence-electron chi connectivity index (χ1n) is 4.87. The van der Waals surface area contributed by atoms with E-state index in [-0.39, 0.29) is 15.8 Å². The molecule has 0 spiro atoms. The topological polar surface area (TPSA) is 33.4 Å². The molecule has 1 N–H and O–H groups in total. The Balaban J connectivity index is 2.56. The second kappa shape index (κ2) is 4.10. The fourth-order valence-corrected chi connectivity index (χ4v) is 2.64. The quantitative estimate of drug-likeness (QED) is 0.558. The van der Waals surface area contributed by atoms with Crippen LogP contribution in [-0.4, -0.2) is 5.11 Å². The van der Waals surface area contributed by atoms with Gasteiger partial charge in [0.25, 0.3) is 0 Å². The zero-order valence-corrected chi connectivity index (χ0v) is 11.6. The van der Waals surface area contributed by atoms with Crippen LogP contribution in [0.15, 0.2) is 22.6 Å². The van der Waals surface area contributed by atoms with Crippen molar-refractivity contribution >= 4 is 68.3 Å². The van der Waals surface area contributed by atoms with E-state index in [1.807, 2.05) is 0 Å². The molecule has 18 heavy (non-hydrogen) atoms. The van der Waals surface area contributed by atoms with Crippen LogP contribution in [0.3, 0.4) is 0 Å². The summed E-state index contributed by atoms with van der Waals surface area (Å²) in [5, 5.41) is 12.1. The minimum atomic E-state index is -0.206. The van der Waals surface area contributed by atoms with Crippen molar-refractivity contribution in [1.82, 2.24) is 0 Å². The summed E-state index contributed by atoms with van der Waals surface area (Å²) in [4.78, 5) is 0. The Morgan fingerprint density at radius 1 is 0.833 bits per heavy atom. The third kappa shape index (κ3) is 1.64. The van der Waals surface area contributed by atoms with Crippen LogP contribution in [0.25, 0.3) is 21.9 Å². The van der Waals surface area contributed by atoms with Gasteiger partial charge in [0.2, 0.25) is 0 Å². The Bertz CT molecular complexity index is 792. The van der Waals surface area contributed by atoms with Gasteiger partial charge in [-0.1, -0.05) is 46.4 Å². The van der Waals surface area contributed by atoms with Gasteiger partial charge in [0.05, 0.1) is 15.1 Å². The molecule has 3 rings (SSSR count). The number of phenolic OH excluding ortho intramolecular Hbond substituents is 1. The number of benzene rings is 2. The maximum atomic E-state index is 9.66. The van der Waals surface area contributed by atoms with Crippen molar-refractivity contribution in [3.63, 3.8) is 0 Å². The zero-order chi connectivity index (χ0) is 13.0. The molecule has 1 heterocycles. The molecule has 0 unspecified atom stereocenters. The van der Waals surface area contributed by atoms with Crippen LogP contribution in [0.5, 0.6) is 5.75 Å². The molecule has 3 aromatic rings. The van der Waals surface area contributed by atoms with Crippen LogP contribution in [0, 0.1) is 0 Å². The monoisotopic (exact) mass is 320 g/mol. The Kier molecular flexibility index (Phi) is 2.79. The maximum absolute atomic E-state index is 9.66. The van der Waals surface area contributed by atoms with Gasteiger partial charge in [-0.15, -0.1) is 0 Å². The van der Waals surface area contributed by atoms with Crippen LogP contribution in [0.2, 0.25) is 20.1 Å². The number of rotatable bonds is 0. The van der Waals surface area contributed by atoms with Crippen molar-refractivity contribution in [2.45, 2.75) is 0 Å². The van der Waals surface area contributed by atoms with Gasteiger partial charge in [0.15, 0.2) is 11.3 Å². The molecule has 2 nitrogen and oxygen atoms in total. The zero-order valence-electron chi connectivity index (χ0n) is 8.60. The number of halogens is 4. The van der Waals surface area contributed by atoms with Crippen molar-refractivity contribution in [1.29, 1.82) is 0 Å². The van der Waals surface area contributed by atoms with E-state index in [4.69, 9.17) is 50.8 Å². The van der Waals surface area contributed by atoms with Crippen LogP contribution < -0.4 is 0 Å². The molecule has 0 radical (unpaired) electrons. The summed E-state index contributed by atoms with van der Waals surface area (Å²) in [6.45, 7) is 0. The molecule has 0 atom stereocenters. The molecular formula is C12H4Cl4O2. The number of aromatic hydroxyl groups is 1. The minimum Gasteiger partial charge on any atom is -0.505 e. The first-order chi connectivity index (χ1) is 8.49. The molecule has 0 saturated heterocycles. The number of fused-ring (bicyclic) bond motifs is 3. The van der Waals surface area contributed by atoms with Crippen molar-refractivity contribution in [2.24, 2.45) is 0 Å². The largest absolute Gasteiger partial charge is 0.505 e. The fraction of sp³-hybridized carbons (Fsp3) is 0. The summed E-state index contributed by atoms with van der Waals surface area (Å²) >= 11 is 23.8. The summed E-state index contributed by atoms with van der Waals surface area (Å²) in [5.41, 5.74) is 0.884. The third-order valence-electron chi connectivity index (χ3n) is 2.67. The lowest BCUT2D eigenvalue weighted by molar-refractivity contribution is 0.475. The molecule has 0 bridgehead atoms. The van der Waals surface area contributed by atoms with Crippen molar-refractivity contribution < 1.29 is 9.52 Å². The van der Waals surface area contributed by atoms with E-state index in [1.165, 1.54) is 0 Å². The molecule has 0 aliphatic heterocycles. The molecule has 1 aromatic heterocycles. The second-order valence-corrected chi connectivity index (χ2v) is 5.36. The van der Waals surface area contributed by atoms with Gasteiger partial charge in [-0.3, -0.25) is 0 Å². The average Bonchev–Trinajstić information content (AvgIpc) is 2.66. The second-order valence-electron chi connectivity index (χ2n) is 3.76. The average molecular weight is 322 g/mol. The standard InChI is InChI=1S/C12H4Cl4O2/c13-6-1-4-5-2-8(15)11(17)10(16)12(5)18-9(4)3-7(6)14/h1-3,17H. The highest BCUT2D eigenvalue weighted by atomic mass is 35.5. The SMILES string of the molecule is Oc1c(Cl)cc2c(oc3cc(Cl)c(Cl)cc32)c1Cl. The molecule has 6 heteroatoms. The van der Waals surface area contributed by atoms with Crippen LogP contribution >= 0.6 is 46.4 Å². The van der Waals surface area contributed by atoms with Gasteiger partial charge < -0.3 is 9.52 Å². The van der Waals surface area contributed by atoms with Gasteiger partial charge >= 0.3 is 0 Å². The van der Waals surface area contributed by atoms with Gasteiger partial charge in [-0.25, -0.2) is 0 Å². The first kappa shape index (κ1) is 12.2. The normalized spacial score (nSPS) is 11.6. The Hall–Kier alpha value is -0.800. The predicted molar refractivity (Wildman–Crippen MR) is 75.4 cm³/mol. The van der Waals surface area contributed by atoms with Gasteiger partial charge in [-0.05, 0) is 12.1 Å². The van der Waals surface area contributed by atoms with E-state index >= 15 is 0 Å². The highest BCUT2D eigenvalue weighted by molar-refractivity contribution is 6.44. The van der Waals surface area contributed by atoms with Gasteiger partial charge in [0.1, 0.15) is 10.6 Å². The lowest BCUT2D eigenvalue weighted by Crippen LogP contribution is -1.74. The van der Waals surface area contributed by atoms with E-state index in [0.29, 0.717) is 26.6 Å². The Labute approximate surface area is 122 Å². The van der Waals surface area contributed by atoms with E-state index in [1.54, 1.807) is 18.2 Å². The number of hydrogen-bond acceptors (Lipinski definition) is 2. The van der Waals surface area contributed by atoms with E-state index in [9.17, 15) is 5.11 Å². The smallest absolute Gasteiger partial charge is 0.157 e. The van der Waals surface area contributed by atoms with Crippen LogP contribution in [0.4, 0.5) is 0 Å².